The van der Waals surface area contributed by atoms with Gasteiger partial charge in [-0.1, -0.05) is 0 Å². The summed E-state index contributed by atoms with van der Waals surface area (Å²) in [5.41, 5.74) is 2.87. The highest BCUT2D eigenvalue weighted by Gasteiger charge is 2.04. The molecule has 0 radical (unpaired) electrons. The molecule has 2 aromatic rings. The van der Waals surface area contributed by atoms with Crippen LogP contribution in [-0.2, 0) is 9.53 Å². The molecule has 7 heteroatoms. The second-order valence-electron chi connectivity index (χ2n) is 4.59. The van der Waals surface area contributed by atoms with Crippen LogP contribution in [0.25, 0.3) is 10.6 Å². The lowest BCUT2D eigenvalue weighted by atomic mass is 10.2. The van der Waals surface area contributed by atoms with Crippen LogP contribution in [0.2, 0.25) is 0 Å². The average molecular weight is 342 g/mol. The van der Waals surface area contributed by atoms with Gasteiger partial charge in [-0.25, -0.2) is 4.98 Å². The Balaban J connectivity index is 0.00000242. The number of halogens is 1. The Morgan fingerprint density at radius 3 is 2.64 bits per heavy atom. The fraction of sp³-hybridized carbons (Fsp3) is 0.333. The number of methoxy groups -OCH3 is 1. The molecule has 5 nitrogen and oxygen atoms in total. The number of rotatable bonds is 7. The number of thiazole rings is 1. The second kappa shape index (κ2) is 9.53. The van der Waals surface area contributed by atoms with E-state index in [0.29, 0.717) is 13.2 Å². The van der Waals surface area contributed by atoms with Crippen molar-refractivity contribution in [1.82, 2.24) is 10.3 Å². The highest BCUT2D eigenvalue weighted by atomic mass is 35.5. The van der Waals surface area contributed by atoms with Crippen molar-refractivity contribution < 1.29 is 9.53 Å². The highest BCUT2D eigenvalue weighted by Crippen LogP contribution is 2.24. The molecule has 0 atom stereocenters. The van der Waals surface area contributed by atoms with Crippen molar-refractivity contribution in [2.24, 2.45) is 0 Å². The zero-order chi connectivity index (χ0) is 15.1. The number of nitrogens with zero attached hydrogens (tertiary/aromatic N) is 1. The molecule has 0 saturated carbocycles. The molecule has 22 heavy (non-hydrogen) atoms. The number of anilines is 1. The van der Waals surface area contributed by atoms with Gasteiger partial charge in [0.2, 0.25) is 5.91 Å². The molecule has 0 unspecified atom stereocenters. The third-order valence-electron chi connectivity index (χ3n) is 2.80. The van der Waals surface area contributed by atoms with Gasteiger partial charge in [0, 0.05) is 36.0 Å². The topological polar surface area (TPSA) is 63.2 Å². The Morgan fingerprint density at radius 2 is 2.05 bits per heavy atom. The van der Waals surface area contributed by atoms with Gasteiger partial charge in [0.05, 0.1) is 13.2 Å². The smallest absolute Gasteiger partial charge is 0.238 e. The number of ether oxygens (including phenoxy) is 1. The molecule has 0 bridgehead atoms. The summed E-state index contributed by atoms with van der Waals surface area (Å²) >= 11 is 1.62. The Morgan fingerprint density at radius 1 is 1.32 bits per heavy atom. The molecular weight excluding hydrogens is 322 g/mol. The van der Waals surface area contributed by atoms with Crippen LogP contribution in [0.5, 0.6) is 0 Å². The van der Waals surface area contributed by atoms with Gasteiger partial charge in [-0.3, -0.25) is 4.79 Å². The van der Waals surface area contributed by atoms with Crippen LogP contribution in [0.4, 0.5) is 5.69 Å². The first-order chi connectivity index (χ1) is 10.2. The normalized spacial score (nSPS) is 10.1. The zero-order valence-electron chi connectivity index (χ0n) is 12.6. The van der Waals surface area contributed by atoms with Gasteiger partial charge in [0.25, 0.3) is 0 Å². The van der Waals surface area contributed by atoms with E-state index >= 15 is 0 Å². The summed E-state index contributed by atoms with van der Waals surface area (Å²) < 4.78 is 4.90. The minimum atomic E-state index is -0.0658. The quantitative estimate of drug-likeness (QED) is 0.760. The SMILES string of the molecule is COCCNCC(=O)Nc1ccc(-c2nc(C)cs2)cc1.Cl. The molecule has 1 aromatic heterocycles. The van der Waals surface area contributed by atoms with Crippen LogP contribution in [0.3, 0.4) is 0 Å². The molecule has 0 aliphatic rings. The van der Waals surface area contributed by atoms with E-state index in [4.69, 9.17) is 4.74 Å². The number of aromatic nitrogens is 1. The number of aryl methyl sites for hydroxylation is 1. The van der Waals surface area contributed by atoms with Gasteiger partial charge in [-0.2, -0.15) is 0 Å². The summed E-state index contributed by atoms with van der Waals surface area (Å²) in [6.07, 6.45) is 0. The van der Waals surface area contributed by atoms with E-state index in [2.05, 4.69) is 15.6 Å². The van der Waals surface area contributed by atoms with E-state index in [9.17, 15) is 4.79 Å². The van der Waals surface area contributed by atoms with Crippen LogP contribution in [0.15, 0.2) is 29.6 Å². The molecule has 1 aromatic carbocycles. The lowest BCUT2D eigenvalue weighted by molar-refractivity contribution is -0.115. The number of hydrogen-bond donors (Lipinski definition) is 2. The molecule has 0 spiro atoms. The van der Waals surface area contributed by atoms with Crippen molar-refractivity contribution in [3.63, 3.8) is 0 Å². The van der Waals surface area contributed by atoms with Crippen molar-refractivity contribution >= 4 is 35.3 Å². The average Bonchev–Trinajstić information content (AvgIpc) is 2.91. The number of nitrogens with one attached hydrogen (secondary N) is 2. The Hall–Kier alpha value is -1.47. The molecule has 0 fully saturated rings. The maximum absolute atomic E-state index is 11.7. The second-order valence-corrected chi connectivity index (χ2v) is 5.45. The Bertz CT molecular complexity index is 587. The predicted octanol–water partition coefficient (Wildman–Crippen LogP) is 2.71. The molecule has 120 valence electrons. The molecule has 0 aliphatic carbocycles. The van der Waals surface area contributed by atoms with Crippen molar-refractivity contribution in [2.45, 2.75) is 6.92 Å². The number of hydrogen-bond acceptors (Lipinski definition) is 5. The van der Waals surface area contributed by atoms with Crippen LogP contribution >= 0.6 is 23.7 Å². The molecule has 1 amide bonds. The van der Waals surface area contributed by atoms with E-state index < -0.39 is 0 Å². The van der Waals surface area contributed by atoms with E-state index in [1.54, 1.807) is 18.4 Å². The van der Waals surface area contributed by atoms with Crippen LogP contribution < -0.4 is 10.6 Å². The first kappa shape index (κ1) is 18.6. The molecule has 1 heterocycles. The van der Waals surface area contributed by atoms with Gasteiger partial charge >= 0.3 is 0 Å². The lowest BCUT2D eigenvalue weighted by Gasteiger charge is -2.07. The first-order valence-corrected chi connectivity index (χ1v) is 7.59. The number of carbonyl (C=O) groups excluding carboxylic acids is 1. The standard InChI is InChI=1S/C15H19N3O2S.ClH/c1-11-10-21-15(17-11)12-3-5-13(6-4-12)18-14(19)9-16-7-8-20-2;/h3-6,10,16H,7-9H2,1-2H3,(H,18,19);1H. The third kappa shape index (κ3) is 5.73. The molecular formula is C15H20ClN3O2S. The third-order valence-corrected chi connectivity index (χ3v) is 3.81. The van der Waals surface area contributed by atoms with Crippen LogP contribution in [0.1, 0.15) is 5.69 Å². The van der Waals surface area contributed by atoms with E-state index in [0.717, 1.165) is 22.0 Å². The van der Waals surface area contributed by atoms with Gasteiger partial charge in [0.1, 0.15) is 5.01 Å². The summed E-state index contributed by atoms with van der Waals surface area (Å²) in [6, 6.07) is 7.71. The maximum Gasteiger partial charge on any atom is 0.238 e. The summed E-state index contributed by atoms with van der Waals surface area (Å²) in [5.74, 6) is -0.0658. The summed E-state index contributed by atoms with van der Waals surface area (Å²) in [7, 11) is 1.63. The number of carbonyl (C=O) groups is 1. The van der Waals surface area contributed by atoms with Crippen molar-refractivity contribution in [3.8, 4) is 10.6 Å². The monoisotopic (exact) mass is 341 g/mol. The maximum atomic E-state index is 11.7. The van der Waals surface area contributed by atoms with E-state index in [1.807, 2.05) is 36.6 Å². The van der Waals surface area contributed by atoms with E-state index in [-0.39, 0.29) is 24.9 Å². The van der Waals surface area contributed by atoms with Gasteiger partial charge in [0.15, 0.2) is 0 Å². The number of benzene rings is 1. The summed E-state index contributed by atoms with van der Waals surface area (Å²) in [6.45, 7) is 3.50. The van der Waals surface area contributed by atoms with Gasteiger partial charge < -0.3 is 15.4 Å². The van der Waals surface area contributed by atoms with Crippen molar-refractivity contribution in [1.29, 1.82) is 0 Å². The first-order valence-electron chi connectivity index (χ1n) is 6.71. The fourth-order valence-corrected chi connectivity index (χ4v) is 2.57. The largest absolute Gasteiger partial charge is 0.383 e. The molecule has 0 saturated heterocycles. The van der Waals surface area contributed by atoms with Gasteiger partial charge in [-0.15, -0.1) is 23.7 Å². The minimum Gasteiger partial charge on any atom is -0.383 e. The molecule has 0 aliphatic heterocycles. The molecule has 2 rings (SSSR count). The van der Waals surface area contributed by atoms with Crippen LogP contribution in [0, 0.1) is 6.92 Å². The summed E-state index contributed by atoms with van der Waals surface area (Å²) in [4.78, 5) is 16.1. The van der Waals surface area contributed by atoms with Crippen molar-refractivity contribution in [3.05, 3.63) is 35.3 Å². The van der Waals surface area contributed by atoms with E-state index in [1.165, 1.54) is 0 Å². The minimum absolute atomic E-state index is 0. The van der Waals surface area contributed by atoms with Crippen LogP contribution in [-0.4, -0.2) is 37.7 Å². The Kier molecular flexibility index (Phi) is 8.05. The van der Waals surface area contributed by atoms with Crippen molar-refractivity contribution in [2.75, 3.05) is 32.1 Å². The fourth-order valence-electron chi connectivity index (χ4n) is 1.76. The highest BCUT2D eigenvalue weighted by molar-refractivity contribution is 7.13. The number of amides is 1. The molecule has 2 N–H and O–H groups in total. The lowest BCUT2D eigenvalue weighted by Crippen LogP contribution is -2.30. The zero-order valence-corrected chi connectivity index (χ0v) is 14.2. The van der Waals surface area contributed by atoms with Gasteiger partial charge in [-0.05, 0) is 31.2 Å². The summed E-state index contributed by atoms with van der Waals surface area (Å²) in [5, 5.41) is 8.86. The Labute approximate surface area is 140 Å². The predicted molar refractivity (Wildman–Crippen MR) is 92.9 cm³/mol.